The van der Waals surface area contributed by atoms with Gasteiger partial charge in [0.1, 0.15) is 0 Å². The maximum atomic E-state index is 12.9. The number of carbonyl (C=O) groups excluding carboxylic acids is 1. The molecular weight excluding hydrogens is 352 g/mol. The molecule has 2 aliphatic carbocycles. The van der Waals surface area contributed by atoms with Gasteiger partial charge in [0, 0.05) is 23.4 Å². The lowest BCUT2D eigenvalue weighted by Crippen LogP contribution is -2.43. The number of carbonyl (C=O) groups is 1. The molecule has 0 atom stereocenters. The lowest BCUT2D eigenvalue weighted by Gasteiger charge is -2.33. The Balaban J connectivity index is 1.61. The van der Waals surface area contributed by atoms with E-state index in [4.69, 9.17) is 0 Å². The standard InChI is InChI=1S/C23H38N2OS/c1-3-15-25(2)18-23(13-9-10-14-23)17-24-22(26)21-16-19-11-7-5-4-6-8-12-20(19)27-21/h16H,3-15,17-18H2,1-2H3,(H,24,26). The molecule has 3 nitrogen and oxygen atoms in total. The van der Waals surface area contributed by atoms with Gasteiger partial charge in [0.15, 0.2) is 0 Å². The Labute approximate surface area is 169 Å². The second-order valence-electron chi connectivity index (χ2n) is 8.95. The van der Waals surface area contributed by atoms with Crippen molar-refractivity contribution in [3.8, 4) is 0 Å². The predicted molar refractivity (Wildman–Crippen MR) is 116 cm³/mol. The Morgan fingerprint density at radius 1 is 1.11 bits per heavy atom. The van der Waals surface area contributed by atoms with Gasteiger partial charge in [-0.3, -0.25) is 4.79 Å². The number of fused-ring (bicyclic) bond motifs is 1. The molecule has 1 saturated carbocycles. The van der Waals surface area contributed by atoms with Crippen molar-refractivity contribution in [2.75, 3.05) is 26.7 Å². The van der Waals surface area contributed by atoms with Crippen molar-refractivity contribution in [3.05, 3.63) is 21.4 Å². The number of hydrogen-bond acceptors (Lipinski definition) is 3. The fraction of sp³-hybridized carbons (Fsp3) is 0.783. The largest absolute Gasteiger partial charge is 0.351 e. The zero-order valence-corrected chi connectivity index (χ0v) is 18.3. The number of aryl methyl sites for hydroxylation is 2. The molecule has 1 N–H and O–H groups in total. The van der Waals surface area contributed by atoms with Gasteiger partial charge < -0.3 is 10.2 Å². The molecule has 0 aromatic carbocycles. The summed E-state index contributed by atoms with van der Waals surface area (Å²) >= 11 is 1.76. The van der Waals surface area contributed by atoms with E-state index in [9.17, 15) is 4.79 Å². The summed E-state index contributed by atoms with van der Waals surface area (Å²) in [7, 11) is 2.23. The van der Waals surface area contributed by atoms with Gasteiger partial charge in [-0.15, -0.1) is 11.3 Å². The molecule has 1 fully saturated rings. The maximum Gasteiger partial charge on any atom is 0.261 e. The van der Waals surface area contributed by atoms with Crippen LogP contribution in [-0.2, 0) is 12.8 Å². The smallest absolute Gasteiger partial charge is 0.261 e. The highest BCUT2D eigenvalue weighted by molar-refractivity contribution is 7.14. The first-order valence-electron chi connectivity index (χ1n) is 11.2. The van der Waals surface area contributed by atoms with Crippen LogP contribution in [0.3, 0.4) is 0 Å². The van der Waals surface area contributed by atoms with E-state index >= 15 is 0 Å². The Hall–Kier alpha value is -0.870. The summed E-state index contributed by atoms with van der Waals surface area (Å²) in [5.74, 6) is 0.161. The van der Waals surface area contributed by atoms with E-state index in [-0.39, 0.29) is 11.3 Å². The molecule has 27 heavy (non-hydrogen) atoms. The molecule has 152 valence electrons. The van der Waals surface area contributed by atoms with Crippen LogP contribution in [0.25, 0.3) is 0 Å². The first kappa shape index (κ1) is 20.9. The van der Waals surface area contributed by atoms with Crippen LogP contribution in [0.5, 0.6) is 0 Å². The van der Waals surface area contributed by atoms with Crippen LogP contribution in [0.1, 0.15) is 91.2 Å². The molecule has 0 radical (unpaired) electrons. The van der Waals surface area contributed by atoms with Gasteiger partial charge in [-0.25, -0.2) is 0 Å². The molecule has 0 spiro atoms. The van der Waals surface area contributed by atoms with Crippen molar-refractivity contribution in [2.24, 2.45) is 5.41 Å². The summed E-state index contributed by atoms with van der Waals surface area (Å²) in [6.45, 7) is 5.34. The highest BCUT2D eigenvalue weighted by atomic mass is 32.1. The zero-order valence-electron chi connectivity index (χ0n) is 17.4. The van der Waals surface area contributed by atoms with Crippen LogP contribution in [-0.4, -0.2) is 37.5 Å². The number of amides is 1. The molecular formula is C23H38N2OS. The average molecular weight is 391 g/mol. The third kappa shape index (κ3) is 5.80. The highest BCUT2D eigenvalue weighted by Crippen LogP contribution is 2.38. The van der Waals surface area contributed by atoms with Crippen molar-refractivity contribution < 1.29 is 4.79 Å². The van der Waals surface area contributed by atoms with Crippen molar-refractivity contribution in [2.45, 2.75) is 84.0 Å². The molecule has 0 bridgehead atoms. The average Bonchev–Trinajstić information content (AvgIpc) is 3.27. The fourth-order valence-corrected chi connectivity index (χ4v) is 6.21. The predicted octanol–water partition coefficient (Wildman–Crippen LogP) is 5.43. The molecule has 1 aromatic heterocycles. The minimum atomic E-state index is 0.161. The summed E-state index contributed by atoms with van der Waals surface area (Å²) in [6.07, 6.45) is 15.2. The Bertz CT molecular complexity index is 578. The summed E-state index contributed by atoms with van der Waals surface area (Å²) < 4.78 is 0. The van der Waals surface area contributed by atoms with Crippen LogP contribution in [0.2, 0.25) is 0 Å². The van der Waals surface area contributed by atoms with E-state index < -0.39 is 0 Å². The van der Waals surface area contributed by atoms with Crippen LogP contribution < -0.4 is 5.32 Å². The van der Waals surface area contributed by atoms with Crippen LogP contribution in [0, 0.1) is 5.41 Å². The van der Waals surface area contributed by atoms with E-state index in [1.807, 2.05) is 0 Å². The number of nitrogens with zero attached hydrogens (tertiary/aromatic N) is 1. The van der Waals surface area contributed by atoms with Gasteiger partial charge >= 0.3 is 0 Å². The van der Waals surface area contributed by atoms with Gasteiger partial charge in [-0.1, -0.05) is 39.0 Å². The third-order valence-corrected chi connectivity index (χ3v) is 7.71. The molecule has 1 aromatic rings. The van der Waals surface area contributed by atoms with Gasteiger partial charge in [-0.05, 0) is 70.2 Å². The van der Waals surface area contributed by atoms with Crippen LogP contribution >= 0.6 is 11.3 Å². The van der Waals surface area contributed by atoms with Gasteiger partial charge in [0.2, 0.25) is 0 Å². The van der Waals surface area contributed by atoms with Crippen molar-refractivity contribution in [1.29, 1.82) is 0 Å². The van der Waals surface area contributed by atoms with Gasteiger partial charge in [0.05, 0.1) is 4.88 Å². The minimum absolute atomic E-state index is 0.161. The summed E-state index contributed by atoms with van der Waals surface area (Å²) in [4.78, 5) is 17.8. The first-order valence-corrected chi connectivity index (χ1v) is 12.0. The SMILES string of the molecule is CCCN(C)CC1(CNC(=O)c2cc3c(s2)CCCCCCC3)CCCC1. The molecule has 2 aliphatic rings. The van der Waals surface area contributed by atoms with Crippen LogP contribution in [0.15, 0.2) is 6.07 Å². The number of nitrogens with one attached hydrogen (secondary N) is 1. The first-order chi connectivity index (χ1) is 13.1. The van der Waals surface area contributed by atoms with E-state index in [0.717, 1.165) is 30.9 Å². The number of thiophene rings is 1. The zero-order chi connectivity index (χ0) is 19.1. The Morgan fingerprint density at radius 3 is 2.56 bits per heavy atom. The minimum Gasteiger partial charge on any atom is -0.351 e. The van der Waals surface area contributed by atoms with Gasteiger partial charge in [0.25, 0.3) is 5.91 Å². The monoisotopic (exact) mass is 390 g/mol. The summed E-state index contributed by atoms with van der Waals surface area (Å²) in [5.41, 5.74) is 1.73. The Morgan fingerprint density at radius 2 is 1.81 bits per heavy atom. The van der Waals surface area contributed by atoms with E-state index in [2.05, 4.69) is 30.3 Å². The second-order valence-corrected chi connectivity index (χ2v) is 10.1. The van der Waals surface area contributed by atoms with Crippen LogP contribution in [0.4, 0.5) is 0 Å². The third-order valence-electron chi connectivity index (χ3n) is 6.47. The molecule has 0 aliphatic heterocycles. The quantitative estimate of drug-likeness (QED) is 0.673. The lowest BCUT2D eigenvalue weighted by molar-refractivity contribution is 0.0916. The normalized spacial score (nSPS) is 20.0. The fourth-order valence-electron chi connectivity index (χ4n) is 5.04. The van der Waals surface area contributed by atoms with E-state index in [1.165, 1.54) is 81.1 Å². The van der Waals surface area contributed by atoms with E-state index in [1.54, 1.807) is 11.3 Å². The molecule has 0 unspecified atom stereocenters. The number of rotatable bonds is 7. The lowest BCUT2D eigenvalue weighted by atomic mass is 9.85. The second kappa shape index (κ2) is 10.1. The Kier molecular flexibility index (Phi) is 7.77. The van der Waals surface area contributed by atoms with Crippen molar-refractivity contribution >= 4 is 17.2 Å². The van der Waals surface area contributed by atoms with Gasteiger partial charge in [-0.2, -0.15) is 0 Å². The molecule has 1 amide bonds. The maximum absolute atomic E-state index is 12.9. The molecule has 3 rings (SSSR count). The summed E-state index contributed by atoms with van der Waals surface area (Å²) in [6, 6.07) is 2.20. The summed E-state index contributed by atoms with van der Waals surface area (Å²) in [5, 5.41) is 3.33. The molecule has 4 heteroatoms. The topological polar surface area (TPSA) is 32.3 Å². The van der Waals surface area contributed by atoms with Crippen molar-refractivity contribution in [1.82, 2.24) is 10.2 Å². The van der Waals surface area contributed by atoms with E-state index in [0.29, 0.717) is 0 Å². The van der Waals surface area contributed by atoms with Crippen molar-refractivity contribution in [3.63, 3.8) is 0 Å². The highest BCUT2D eigenvalue weighted by Gasteiger charge is 2.35. The molecule has 0 saturated heterocycles. The molecule has 1 heterocycles. The number of hydrogen-bond donors (Lipinski definition) is 1.